The van der Waals surface area contributed by atoms with E-state index in [1.54, 1.807) is 15.9 Å². The first-order valence-electron chi connectivity index (χ1n) is 11.0. The molecule has 3 heterocycles. The fourth-order valence-corrected chi connectivity index (χ4v) is 5.16. The molecule has 0 aromatic heterocycles. The fourth-order valence-electron chi connectivity index (χ4n) is 4.92. The van der Waals surface area contributed by atoms with Crippen molar-refractivity contribution < 1.29 is 14.4 Å². The lowest BCUT2D eigenvalue weighted by Crippen LogP contribution is -2.52. The molecule has 1 fully saturated rings. The second-order valence-electron chi connectivity index (χ2n) is 8.66. The third-order valence-electron chi connectivity index (χ3n) is 6.42. The number of carbonyl (C=O) groups excluding carboxylic acids is 3. The van der Waals surface area contributed by atoms with Crippen molar-refractivity contribution in [2.24, 2.45) is 5.92 Å². The van der Waals surface area contributed by atoms with Crippen molar-refractivity contribution in [3.63, 3.8) is 0 Å². The number of likely N-dealkylation sites (tertiary alicyclic amines) is 1. The third kappa shape index (κ3) is 3.69. The van der Waals surface area contributed by atoms with Gasteiger partial charge in [0.25, 0.3) is 5.91 Å². The van der Waals surface area contributed by atoms with Crippen molar-refractivity contribution in [1.82, 2.24) is 20.0 Å². The molecule has 0 spiro atoms. The molecule has 7 nitrogen and oxygen atoms in total. The standard InChI is InChI=1S/C23H29ClN4O3/c1-4-27-17-13-28(20(14(2)3)22(30)26-11-7-8-12-26)21(29)18(17)19(25-23(27)31)15-9-5-6-10-16(15)24/h5-6,9-10,14,19-20H,4,7-8,11-13H2,1-3H3,(H,25,31). The van der Waals surface area contributed by atoms with E-state index in [0.717, 1.165) is 25.9 Å². The molecule has 31 heavy (non-hydrogen) atoms. The second-order valence-corrected chi connectivity index (χ2v) is 9.07. The maximum atomic E-state index is 13.7. The van der Waals surface area contributed by atoms with Gasteiger partial charge in [-0.25, -0.2) is 4.79 Å². The van der Waals surface area contributed by atoms with Gasteiger partial charge in [0.15, 0.2) is 0 Å². The van der Waals surface area contributed by atoms with Crippen molar-refractivity contribution in [2.45, 2.75) is 45.7 Å². The highest BCUT2D eigenvalue weighted by atomic mass is 35.5. The second kappa shape index (κ2) is 8.54. The summed E-state index contributed by atoms with van der Waals surface area (Å²) >= 11 is 6.43. The molecule has 0 aliphatic carbocycles. The van der Waals surface area contributed by atoms with Gasteiger partial charge >= 0.3 is 6.03 Å². The van der Waals surface area contributed by atoms with E-state index in [9.17, 15) is 14.4 Å². The van der Waals surface area contributed by atoms with Gasteiger partial charge < -0.3 is 15.1 Å². The molecule has 1 N–H and O–H groups in total. The number of amides is 4. The van der Waals surface area contributed by atoms with Crippen molar-refractivity contribution in [1.29, 1.82) is 0 Å². The Balaban J connectivity index is 1.73. The maximum Gasteiger partial charge on any atom is 0.322 e. The Hall–Kier alpha value is -2.54. The average molecular weight is 445 g/mol. The number of hydrogen-bond donors (Lipinski definition) is 1. The molecule has 4 rings (SSSR count). The van der Waals surface area contributed by atoms with Gasteiger partial charge in [0.2, 0.25) is 5.91 Å². The molecule has 0 bridgehead atoms. The van der Waals surface area contributed by atoms with E-state index in [4.69, 9.17) is 11.6 Å². The van der Waals surface area contributed by atoms with Gasteiger partial charge in [0.05, 0.1) is 23.9 Å². The van der Waals surface area contributed by atoms with Gasteiger partial charge in [0, 0.05) is 24.7 Å². The lowest BCUT2D eigenvalue weighted by Gasteiger charge is -2.33. The maximum absolute atomic E-state index is 13.7. The summed E-state index contributed by atoms with van der Waals surface area (Å²) in [5.74, 6) is -0.252. The van der Waals surface area contributed by atoms with Crippen LogP contribution in [0.2, 0.25) is 5.02 Å². The molecule has 4 amide bonds. The van der Waals surface area contributed by atoms with Crippen LogP contribution in [0.25, 0.3) is 0 Å². The van der Waals surface area contributed by atoms with Crippen LogP contribution in [0.1, 0.15) is 45.2 Å². The highest BCUT2D eigenvalue weighted by Crippen LogP contribution is 2.39. The molecule has 3 aliphatic heterocycles. The molecule has 8 heteroatoms. The smallest absolute Gasteiger partial charge is 0.322 e. The summed E-state index contributed by atoms with van der Waals surface area (Å²) in [7, 11) is 0. The molecule has 2 atom stereocenters. The molecule has 1 aromatic carbocycles. The minimum Gasteiger partial charge on any atom is -0.341 e. The number of nitrogens with one attached hydrogen (secondary N) is 1. The van der Waals surface area contributed by atoms with Crippen LogP contribution in [0.4, 0.5) is 4.79 Å². The van der Waals surface area contributed by atoms with Gasteiger partial charge in [-0.3, -0.25) is 14.5 Å². The van der Waals surface area contributed by atoms with Crippen LogP contribution in [-0.4, -0.2) is 64.8 Å². The molecule has 166 valence electrons. The number of nitrogens with zero attached hydrogens (tertiary/aromatic N) is 3. The zero-order valence-corrected chi connectivity index (χ0v) is 19.0. The number of halogens is 1. The SMILES string of the molecule is CCN1C(=O)NC(c2ccccc2Cl)C2=C1CN(C(C(=O)N1CCCC1)C(C)C)C2=O. The Morgan fingerprint density at radius 3 is 2.48 bits per heavy atom. The lowest BCUT2D eigenvalue weighted by atomic mass is 9.95. The largest absolute Gasteiger partial charge is 0.341 e. The average Bonchev–Trinajstić information content (AvgIpc) is 3.37. The summed E-state index contributed by atoms with van der Waals surface area (Å²) in [6, 6.07) is 5.78. The van der Waals surface area contributed by atoms with E-state index in [-0.39, 0.29) is 30.3 Å². The summed E-state index contributed by atoms with van der Waals surface area (Å²) in [5.41, 5.74) is 1.86. The Labute approximate surface area is 188 Å². The molecule has 3 aliphatic rings. The highest BCUT2D eigenvalue weighted by Gasteiger charge is 2.48. The van der Waals surface area contributed by atoms with E-state index < -0.39 is 12.1 Å². The van der Waals surface area contributed by atoms with E-state index in [0.29, 0.717) is 28.4 Å². The Kier molecular flexibility index (Phi) is 5.97. The van der Waals surface area contributed by atoms with E-state index >= 15 is 0 Å². The van der Waals surface area contributed by atoms with Crippen LogP contribution in [0.15, 0.2) is 35.5 Å². The summed E-state index contributed by atoms with van der Waals surface area (Å²) in [5, 5.41) is 3.44. The van der Waals surface area contributed by atoms with Gasteiger partial charge in [-0.1, -0.05) is 43.6 Å². The summed E-state index contributed by atoms with van der Waals surface area (Å²) in [6.45, 7) is 7.97. The molecule has 0 saturated carbocycles. The quantitative estimate of drug-likeness (QED) is 0.758. The first-order chi connectivity index (χ1) is 14.8. The van der Waals surface area contributed by atoms with Gasteiger partial charge in [-0.15, -0.1) is 0 Å². The van der Waals surface area contributed by atoms with Gasteiger partial charge in [-0.2, -0.15) is 0 Å². The predicted octanol–water partition coefficient (Wildman–Crippen LogP) is 3.17. The van der Waals surface area contributed by atoms with Crippen LogP contribution < -0.4 is 5.32 Å². The van der Waals surface area contributed by atoms with E-state index in [2.05, 4.69) is 5.32 Å². The third-order valence-corrected chi connectivity index (χ3v) is 6.76. The zero-order valence-electron chi connectivity index (χ0n) is 18.2. The van der Waals surface area contributed by atoms with Crippen LogP contribution >= 0.6 is 11.6 Å². The summed E-state index contributed by atoms with van der Waals surface area (Å²) in [4.78, 5) is 45.1. The van der Waals surface area contributed by atoms with Crippen molar-refractivity contribution in [3.05, 3.63) is 46.1 Å². The highest BCUT2D eigenvalue weighted by molar-refractivity contribution is 6.31. The molecule has 0 radical (unpaired) electrons. The molecule has 1 saturated heterocycles. The number of likely N-dealkylation sites (N-methyl/N-ethyl adjacent to an activating group) is 1. The van der Waals surface area contributed by atoms with Crippen LogP contribution in [0, 0.1) is 5.92 Å². The van der Waals surface area contributed by atoms with Crippen LogP contribution in [0.3, 0.4) is 0 Å². The molecule has 2 unspecified atom stereocenters. The van der Waals surface area contributed by atoms with Crippen molar-refractivity contribution in [2.75, 3.05) is 26.2 Å². The van der Waals surface area contributed by atoms with Crippen molar-refractivity contribution in [3.8, 4) is 0 Å². The summed E-state index contributed by atoms with van der Waals surface area (Å²) < 4.78 is 0. The molecular weight excluding hydrogens is 416 g/mol. The normalized spacial score (nSPS) is 22.4. The topological polar surface area (TPSA) is 73.0 Å². The first-order valence-corrected chi connectivity index (χ1v) is 11.4. The van der Waals surface area contributed by atoms with E-state index in [1.165, 1.54) is 0 Å². The fraction of sp³-hybridized carbons (Fsp3) is 0.522. The summed E-state index contributed by atoms with van der Waals surface area (Å²) in [6.07, 6.45) is 1.99. The Bertz CT molecular complexity index is 939. The number of hydrogen-bond acceptors (Lipinski definition) is 3. The van der Waals surface area contributed by atoms with Crippen LogP contribution in [-0.2, 0) is 9.59 Å². The first kappa shape index (κ1) is 21.7. The lowest BCUT2D eigenvalue weighted by molar-refractivity contribution is -0.144. The van der Waals surface area contributed by atoms with Crippen LogP contribution in [0.5, 0.6) is 0 Å². The molecule has 1 aromatic rings. The number of carbonyl (C=O) groups is 3. The zero-order chi connectivity index (χ0) is 22.3. The number of rotatable bonds is 5. The van der Waals surface area contributed by atoms with E-state index in [1.807, 2.05) is 43.9 Å². The predicted molar refractivity (Wildman–Crippen MR) is 118 cm³/mol. The Morgan fingerprint density at radius 2 is 1.87 bits per heavy atom. The van der Waals surface area contributed by atoms with Gasteiger partial charge in [0.1, 0.15) is 6.04 Å². The number of urea groups is 1. The van der Waals surface area contributed by atoms with Crippen molar-refractivity contribution >= 4 is 29.4 Å². The number of benzene rings is 1. The minimum atomic E-state index is -0.633. The minimum absolute atomic E-state index is 0.00248. The molecular formula is C23H29ClN4O3. The Morgan fingerprint density at radius 1 is 1.19 bits per heavy atom. The van der Waals surface area contributed by atoms with Gasteiger partial charge in [-0.05, 0) is 37.3 Å². The monoisotopic (exact) mass is 444 g/mol.